The van der Waals surface area contributed by atoms with Crippen molar-refractivity contribution in [3.05, 3.63) is 24.3 Å². The topological polar surface area (TPSA) is 116 Å². The average Bonchev–Trinajstić information content (AvgIpc) is 2.46. The Labute approximate surface area is 122 Å². The van der Waals surface area contributed by atoms with Crippen LogP contribution in [0.1, 0.15) is 0 Å². The standard InChI is InChI=1S/C12H16N2O6S/c1-19-11(15)7-14(8-12(16)20-2)21(17,18)10-5-3-4-9(13)6-10/h3-6H,7-8,13H2,1-2H3. The number of hydrogen-bond acceptors (Lipinski definition) is 7. The Balaban J connectivity index is 3.16. The number of benzene rings is 1. The van der Waals surface area contributed by atoms with Gasteiger partial charge in [0.05, 0.1) is 19.1 Å². The Kier molecular flexibility index (Phi) is 5.68. The molecule has 0 heterocycles. The molecule has 1 rings (SSSR count). The van der Waals surface area contributed by atoms with Crippen LogP contribution in [0, 0.1) is 0 Å². The number of rotatable bonds is 6. The second kappa shape index (κ2) is 7.04. The van der Waals surface area contributed by atoms with Crippen LogP contribution in [0.15, 0.2) is 29.2 Å². The van der Waals surface area contributed by atoms with E-state index in [1.54, 1.807) is 0 Å². The van der Waals surface area contributed by atoms with Crippen LogP contribution in [-0.2, 0) is 29.1 Å². The zero-order valence-corrected chi connectivity index (χ0v) is 12.4. The SMILES string of the molecule is COC(=O)CN(CC(=O)OC)S(=O)(=O)c1cccc(N)c1. The van der Waals surface area contributed by atoms with Crippen LogP contribution in [0.5, 0.6) is 0 Å². The van der Waals surface area contributed by atoms with Gasteiger partial charge in [-0.15, -0.1) is 0 Å². The van der Waals surface area contributed by atoms with Gasteiger partial charge in [0, 0.05) is 5.69 Å². The lowest BCUT2D eigenvalue weighted by atomic mass is 10.3. The lowest BCUT2D eigenvalue weighted by Crippen LogP contribution is -2.40. The highest BCUT2D eigenvalue weighted by molar-refractivity contribution is 7.89. The van der Waals surface area contributed by atoms with E-state index in [9.17, 15) is 18.0 Å². The zero-order chi connectivity index (χ0) is 16.0. The smallest absolute Gasteiger partial charge is 0.321 e. The molecule has 21 heavy (non-hydrogen) atoms. The van der Waals surface area contributed by atoms with Gasteiger partial charge in [-0.2, -0.15) is 4.31 Å². The molecule has 0 bridgehead atoms. The van der Waals surface area contributed by atoms with Gasteiger partial charge >= 0.3 is 11.9 Å². The van der Waals surface area contributed by atoms with Gasteiger partial charge in [-0.05, 0) is 18.2 Å². The number of anilines is 1. The van der Waals surface area contributed by atoms with Crippen LogP contribution in [-0.4, -0.2) is 52.0 Å². The van der Waals surface area contributed by atoms with Gasteiger partial charge in [-0.3, -0.25) is 9.59 Å². The van der Waals surface area contributed by atoms with Crippen molar-refractivity contribution in [3.63, 3.8) is 0 Å². The van der Waals surface area contributed by atoms with Crippen LogP contribution in [0.3, 0.4) is 0 Å². The molecule has 0 aliphatic rings. The lowest BCUT2D eigenvalue weighted by molar-refractivity contribution is -0.143. The quantitative estimate of drug-likeness (QED) is 0.561. The fraction of sp³-hybridized carbons (Fsp3) is 0.333. The molecule has 2 N–H and O–H groups in total. The molecule has 9 heteroatoms. The van der Waals surface area contributed by atoms with Gasteiger partial charge in [0.15, 0.2) is 0 Å². The molecule has 0 amide bonds. The molecule has 0 spiro atoms. The summed E-state index contributed by atoms with van der Waals surface area (Å²) in [7, 11) is -1.85. The molecule has 0 radical (unpaired) electrons. The number of hydrogen-bond donors (Lipinski definition) is 1. The average molecular weight is 316 g/mol. The summed E-state index contributed by atoms with van der Waals surface area (Å²) >= 11 is 0. The highest BCUT2D eigenvalue weighted by Gasteiger charge is 2.29. The molecule has 0 saturated heterocycles. The van der Waals surface area contributed by atoms with E-state index in [4.69, 9.17) is 5.73 Å². The van der Waals surface area contributed by atoms with Crippen LogP contribution in [0.4, 0.5) is 5.69 Å². The van der Waals surface area contributed by atoms with Crippen molar-refractivity contribution in [1.82, 2.24) is 4.31 Å². The third-order valence-corrected chi connectivity index (χ3v) is 4.35. The maximum absolute atomic E-state index is 12.4. The third-order valence-electron chi connectivity index (χ3n) is 2.56. The maximum Gasteiger partial charge on any atom is 0.321 e. The van der Waals surface area contributed by atoms with Crippen molar-refractivity contribution in [2.24, 2.45) is 0 Å². The summed E-state index contributed by atoms with van der Waals surface area (Å²) in [6.45, 7) is -1.22. The van der Waals surface area contributed by atoms with E-state index >= 15 is 0 Å². The molecule has 0 aliphatic heterocycles. The first-order valence-corrected chi connectivity index (χ1v) is 7.24. The van der Waals surface area contributed by atoms with E-state index in [1.807, 2.05) is 0 Å². The number of carbonyl (C=O) groups excluding carboxylic acids is 2. The van der Waals surface area contributed by atoms with E-state index < -0.39 is 35.1 Å². The van der Waals surface area contributed by atoms with Gasteiger partial charge in [0.25, 0.3) is 0 Å². The number of sulfonamides is 1. The molecule has 0 atom stereocenters. The Morgan fingerprint density at radius 1 is 1.14 bits per heavy atom. The predicted octanol–water partition coefficient (Wildman–Crippen LogP) is -0.394. The Bertz CT molecular complexity index is 610. The van der Waals surface area contributed by atoms with Crippen LogP contribution < -0.4 is 5.73 Å². The predicted molar refractivity (Wildman–Crippen MR) is 73.6 cm³/mol. The molecule has 0 unspecified atom stereocenters. The van der Waals surface area contributed by atoms with Crippen molar-refractivity contribution in [3.8, 4) is 0 Å². The minimum Gasteiger partial charge on any atom is -0.468 e. The molecule has 0 aromatic heterocycles. The van der Waals surface area contributed by atoms with E-state index in [2.05, 4.69) is 9.47 Å². The minimum absolute atomic E-state index is 0.129. The second-order valence-electron chi connectivity index (χ2n) is 4.00. The Morgan fingerprint density at radius 3 is 2.10 bits per heavy atom. The summed E-state index contributed by atoms with van der Waals surface area (Å²) in [5.74, 6) is -1.60. The van der Waals surface area contributed by atoms with Gasteiger partial charge in [0.1, 0.15) is 13.1 Å². The fourth-order valence-corrected chi connectivity index (χ4v) is 2.85. The summed E-state index contributed by atoms with van der Waals surface area (Å²) < 4.78 is 34.4. The molecule has 0 saturated carbocycles. The molecule has 0 aliphatic carbocycles. The number of esters is 2. The van der Waals surface area contributed by atoms with Gasteiger partial charge < -0.3 is 15.2 Å². The van der Waals surface area contributed by atoms with Gasteiger partial charge in [-0.25, -0.2) is 8.42 Å². The van der Waals surface area contributed by atoms with Gasteiger partial charge in [0.2, 0.25) is 10.0 Å². The van der Waals surface area contributed by atoms with Crippen molar-refractivity contribution in [2.45, 2.75) is 4.90 Å². The summed E-state index contributed by atoms with van der Waals surface area (Å²) in [6.07, 6.45) is 0. The molecule has 0 fully saturated rings. The molecular formula is C12H16N2O6S. The maximum atomic E-state index is 12.4. The normalized spacial score (nSPS) is 11.2. The first kappa shape index (κ1) is 16.9. The number of ether oxygens (including phenoxy) is 2. The van der Waals surface area contributed by atoms with E-state index in [0.717, 1.165) is 14.2 Å². The summed E-state index contributed by atoms with van der Waals surface area (Å²) in [6, 6.07) is 5.52. The first-order valence-electron chi connectivity index (χ1n) is 5.80. The molecule has 8 nitrogen and oxygen atoms in total. The van der Waals surface area contributed by atoms with Crippen molar-refractivity contribution in [2.75, 3.05) is 33.0 Å². The van der Waals surface area contributed by atoms with E-state index in [-0.39, 0.29) is 10.6 Å². The largest absolute Gasteiger partial charge is 0.468 e. The van der Waals surface area contributed by atoms with Gasteiger partial charge in [-0.1, -0.05) is 6.07 Å². The molecular weight excluding hydrogens is 300 g/mol. The highest BCUT2D eigenvalue weighted by Crippen LogP contribution is 2.18. The third kappa shape index (κ3) is 4.43. The number of nitrogens with two attached hydrogens (primary N) is 1. The number of carbonyl (C=O) groups is 2. The lowest BCUT2D eigenvalue weighted by Gasteiger charge is -2.19. The van der Waals surface area contributed by atoms with Crippen LogP contribution in [0.25, 0.3) is 0 Å². The fourth-order valence-electron chi connectivity index (χ4n) is 1.47. The monoisotopic (exact) mass is 316 g/mol. The van der Waals surface area contributed by atoms with Crippen molar-refractivity contribution < 1.29 is 27.5 Å². The van der Waals surface area contributed by atoms with Crippen LogP contribution >= 0.6 is 0 Å². The highest BCUT2D eigenvalue weighted by atomic mass is 32.2. The second-order valence-corrected chi connectivity index (χ2v) is 5.94. The molecule has 1 aromatic rings. The summed E-state index contributed by atoms with van der Waals surface area (Å²) in [4.78, 5) is 22.5. The van der Waals surface area contributed by atoms with Crippen molar-refractivity contribution in [1.29, 1.82) is 0 Å². The number of nitrogen functional groups attached to an aromatic ring is 1. The minimum atomic E-state index is -4.08. The molecule has 116 valence electrons. The number of methoxy groups -OCH3 is 2. The van der Waals surface area contributed by atoms with E-state index in [0.29, 0.717) is 4.31 Å². The van der Waals surface area contributed by atoms with Crippen molar-refractivity contribution >= 4 is 27.6 Å². The number of nitrogens with zero attached hydrogens (tertiary/aromatic N) is 1. The summed E-state index contributed by atoms with van der Waals surface area (Å²) in [5.41, 5.74) is 5.79. The van der Waals surface area contributed by atoms with E-state index in [1.165, 1.54) is 24.3 Å². The van der Waals surface area contributed by atoms with Crippen LogP contribution in [0.2, 0.25) is 0 Å². The Hall–Kier alpha value is -2.13. The zero-order valence-electron chi connectivity index (χ0n) is 11.6. The summed E-state index contributed by atoms with van der Waals surface area (Å²) in [5, 5.41) is 0. The first-order chi connectivity index (χ1) is 9.81. The Morgan fingerprint density at radius 2 is 1.67 bits per heavy atom. The molecule has 1 aromatic carbocycles.